The fourth-order valence-corrected chi connectivity index (χ4v) is 1.44. The molecular weight excluding hydrogens is 202 g/mol. The summed E-state index contributed by atoms with van der Waals surface area (Å²) in [4.78, 5) is 0. The maximum atomic E-state index is 8.69. The number of anilines is 1. The number of ether oxygens (including phenoxy) is 1. The molecular formula is C13H21NO2. The van der Waals surface area contributed by atoms with E-state index in [2.05, 4.69) is 25.2 Å². The smallest absolute Gasteiger partial charge is 0.122 e. The molecule has 3 heteroatoms. The van der Waals surface area contributed by atoms with Crippen molar-refractivity contribution in [3.05, 3.63) is 23.8 Å². The lowest BCUT2D eigenvalue weighted by Crippen LogP contribution is -2.13. The summed E-state index contributed by atoms with van der Waals surface area (Å²) in [7, 11) is 0. The van der Waals surface area contributed by atoms with Gasteiger partial charge in [-0.05, 0) is 44.0 Å². The van der Waals surface area contributed by atoms with Crippen molar-refractivity contribution in [1.29, 1.82) is 0 Å². The maximum absolute atomic E-state index is 8.69. The van der Waals surface area contributed by atoms with Gasteiger partial charge in [0.2, 0.25) is 0 Å². The molecule has 1 aromatic carbocycles. The monoisotopic (exact) mass is 223 g/mol. The van der Waals surface area contributed by atoms with Crippen LogP contribution in [-0.2, 0) is 0 Å². The third-order valence-corrected chi connectivity index (χ3v) is 2.55. The number of aliphatic hydroxyl groups excluding tert-OH is 1. The zero-order chi connectivity index (χ0) is 12.0. The minimum absolute atomic E-state index is 0.0479. The lowest BCUT2D eigenvalue weighted by atomic mass is 10.1. The Hall–Kier alpha value is -1.22. The van der Waals surface area contributed by atoms with Gasteiger partial charge in [-0.15, -0.1) is 0 Å². The lowest BCUT2D eigenvalue weighted by Gasteiger charge is -2.15. The summed E-state index contributed by atoms with van der Waals surface area (Å²) in [5.41, 5.74) is 2.20. The van der Waals surface area contributed by atoms with Crippen molar-refractivity contribution in [2.45, 2.75) is 33.2 Å². The Labute approximate surface area is 97.4 Å². The van der Waals surface area contributed by atoms with Crippen molar-refractivity contribution in [2.24, 2.45) is 0 Å². The van der Waals surface area contributed by atoms with Crippen LogP contribution in [0.1, 0.15) is 25.8 Å². The zero-order valence-electron chi connectivity index (χ0n) is 10.3. The second-order valence-electron chi connectivity index (χ2n) is 4.01. The van der Waals surface area contributed by atoms with Gasteiger partial charge in [-0.3, -0.25) is 0 Å². The molecule has 0 spiro atoms. The summed E-state index contributed by atoms with van der Waals surface area (Å²) in [6.45, 7) is 6.72. The van der Waals surface area contributed by atoms with Crippen molar-refractivity contribution in [1.82, 2.24) is 0 Å². The summed E-state index contributed by atoms with van der Waals surface area (Å²) in [6.07, 6.45) is 1.10. The second kappa shape index (κ2) is 6.38. The van der Waals surface area contributed by atoms with Crippen molar-refractivity contribution in [2.75, 3.05) is 18.5 Å². The third-order valence-electron chi connectivity index (χ3n) is 2.55. The average molecular weight is 223 g/mol. The van der Waals surface area contributed by atoms with E-state index in [0.717, 1.165) is 23.4 Å². The fourth-order valence-electron chi connectivity index (χ4n) is 1.44. The Morgan fingerprint density at radius 1 is 1.44 bits per heavy atom. The highest BCUT2D eigenvalue weighted by Gasteiger charge is 2.03. The van der Waals surface area contributed by atoms with Gasteiger partial charge in [0.15, 0.2) is 0 Å². The zero-order valence-corrected chi connectivity index (χ0v) is 10.3. The Kier molecular flexibility index (Phi) is 5.12. The lowest BCUT2D eigenvalue weighted by molar-refractivity contribution is 0.200. The number of aryl methyl sites for hydroxylation is 1. The summed E-state index contributed by atoms with van der Waals surface area (Å²) >= 11 is 0. The molecule has 0 radical (unpaired) electrons. The van der Waals surface area contributed by atoms with E-state index in [1.165, 1.54) is 0 Å². The molecule has 3 nitrogen and oxygen atoms in total. The first kappa shape index (κ1) is 12.8. The summed E-state index contributed by atoms with van der Waals surface area (Å²) in [5.74, 6) is 0.837. The molecule has 0 aliphatic rings. The van der Waals surface area contributed by atoms with Crippen LogP contribution in [0.2, 0.25) is 0 Å². The van der Waals surface area contributed by atoms with Crippen LogP contribution in [0.15, 0.2) is 18.2 Å². The molecule has 0 bridgehead atoms. The molecule has 1 unspecified atom stereocenters. The van der Waals surface area contributed by atoms with E-state index >= 15 is 0 Å². The maximum Gasteiger partial charge on any atom is 0.122 e. The van der Waals surface area contributed by atoms with Crippen LogP contribution in [-0.4, -0.2) is 24.4 Å². The molecule has 1 aromatic rings. The number of aliphatic hydroxyl groups is 1. The van der Waals surface area contributed by atoms with Crippen LogP contribution in [0, 0.1) is 6.92 Å². The Morgan fingerprint density at radius 2 is 2.19 bits per heavy atom. The Morgan fingerprint density at radius 3 is 2.75 bits per heavy atom. The molecule has 1 rings (SSSR count). The largest absolute Gasteiger partial charge is 0.491 e. The van der Waals surface area contributed by atoms with Gasteiger partial charge >= 0.3 is 0 Å². The predicted molar refractivity (Wildman–Crippen MR) is 67.1 cm³/mol. The van der Waals surface area contributed by atoms with Crippen LogP contribution in [0.5, 0.6) is 5.75 Å². The highest BCUT2D eigenvalue weighted by atomic mass is 16.5. The van der Waals surface area contributed by atoms with Gasteiger partial charge < -0.3 is 15.2 Å². The van der Waals surface area contributed by atoms with Gasteiger partial charge in [-0.2, -0.15) is 0 Å². The number of hydrogen-bond donors (Lipinski definition) is 2. The first-order chi connectivity index (χ1) is 7.67. The quantitative estimate of drug-likeness (QED) is 0.779. The normalized spacial score (nSPS) is 12.2. The first-order valence-electron chi connectivity index (χ1n) is 5.78. The molecule has 0 amide bonds. The molecule has 2 N–H and O–H groups in total. The van der Waals surface area contributed by atoms with Crippen LogP contribution in [0.3, 0.4) is 0 Å². The van der Waals surface area contributed by atoms with E-state index in [1.807, 2.05) is 19.1 Å². The summed E-state index contributed by atoms with van der Waals surface area (Å²) < 4.78 is 5.39. The Balaban J connectivity index is 2.66. The molecule has 0 saturated heterocycles. The molecule has 0 heterocycles. The van der Waals surface area contributed by atoms with Crippen molar-refractivity contribution < 1.29 is 9.84 Å². The molecule has 90 valence electrons. The molecule has 16 heavy (non-hydrogen) atoms. The SMILES string of the molecule is CCC(C)Nc1ccc(OCCO)c(C)c1. The molecule has 0 aliphatic heterocycles. The van der Waals surface area contributed by atoms with E-state index in [-0.39, 0.29) is 6.61 Å². The van der Waals surface area contributed by atoms with E-state index in [4.69, 9.17) is 9.84 Å². The van der Waals surface area contributed by atoms with Gasteiger partial charge in [0, 0.05) is 11.7 Å². The van der Waals surface area contributed by atoms with Gasteiger partial charge in [-0.25, -0.2) is 0 Å². The average Bonchev–Trinajstić information content (AvgIpc) is 2.28. The van der Waals surface area contributed by atoms with Crippen LogP contribution in [0.25, 0.3) is 0 Å². The molecule has 0 aliphatic carbocycles. The van der Waals surface area contributed by atoms with Crippen molar-refractivity contribution in [3.63, 3.8) is 0 Å². The first-order valence-corrected chi connectivity index (χ1v) is 5.78. The second-order valence-corrected chi connectivity index (χ2v) is 4.01. The highest BCUT2D eigenvalue weighted by molar-refractivity contribution is 5.51. The molecule has 0 fully saturated rings. The minimum Gasteiger partial charge on any atom is -0.491 e. The van der Waals surface area contributed by atoms with E-state index in [1.54, 1.807) is 0 Å². The number of rotatable bonds is 6. The molecule has 0 saturated carbocycles. The standard InChI is InChI=1S/C13H21NO2/c1-4-11(3)14-12-5-6-13(10(2)9-12)16-8-7-15/h5-6,9,11,14-15H,4,7-8H2,1-3H3. The van der Waals surface area contributed by atoms with Gasteiger partial charge in [0.1, 0.15) is 12.4 Å². The van der Waals surface area contributed by atoms with Crippen molar-refractivity contribution in [3.8, 4) is 5.75 Å². The van der Waals surface area contributed by atoms with Crippen LogP contribution in [0.4, 0.5) is 5.69 Å². The van der Waals surface area contributed by atoms with E-state index in [0.29, 0.717) is 12.6 Å². The van der Waals surface area contributed by atoms with E-state index in [9.17, 15) is 0 Å². The predicted octanol–water partition coefficient (Wildman–Crippen LogP) is 2.58. The number of hydrogen-bond acceptors (Lipinski definition) is 3. The van der Waals surface area contributed by atoms with Crippen LogP contribution < -0.4 is 10.1 Å². The third kappa shape index (κ3) is 3.74. The van der Waals surface area contributed by atoms with Gasteiger partial charge in [0.05, 0.1) is 6.61 Å². The summed E-state index contributed by atoms with van der Waals surface area (Å²) in [6, 6.07) is 6.49. The fraction of sp³-hybridized carbons (Fsp3) is 0.538. The highest BCUT2D eigenvalue weighted by Crippen LogP contribution is 2.22. The minimum atomic E-state index is 0.0479. The molecule has 1 atom stereocenters. The van der Waals surface area contributed by atoms with Gasteiger partial charge in [0.25, 0.3) is 0 Å². The topological polar surface area (TPSA) is 41.5 Å². The van der Waals surface area contributed by atoms with Gasteiger partial charge in [-0.1, -0.05) is 6.92 Å². The van der Waals surface area contributed by atoms with Crippen molar-refractivity contribution >= 4 is 5.69 Å². The van der Waals surface area contributed by atoms with E-state index < -0.39 is 0 Å². The molecule has 0 aromatic heterocycles. The number of nitrogens with one attached hydrogen (secondary N) is 1. The number of benzene rings is 1. The summed E-state index contributed by atoms with van der Waals surface area (Å²) in [5, 5.41) is 12.1. The Bertz CT molecular complexity index is 326. The van der Waals surface area contributed by atoms with Crippen LogP contribution >= 0.6 is 0 Å².